The summed E-state index contributed by atoms with van der Waals surface area (Å²) in [5, 5.41) is 5.52. The van der Waals surface area contributed by atoms with Crippen LogP contribution in [0.2, 0.25) is 0 Å². The van der Waals surface area contributed by atoms with E-state index in [2.05, 4.69) is 33.2 Å². The van der Waals surface area contributed by atoms with Crippen molar-refractivity contribution in [2.24, 2.45) is 9.98 Å². The predicted molar refractivity (Wildman–Crippen MR) is 88.1 cm³/mol. The number of aliphatic imine (C=N–C) groups is 2. The Morgan fingerprint density at radius 3 is 3.00 bits per heavy atom. The Kier molecular flexibility index (Phi) is 4.15. The number of amidine groups is 1. The van der Waals surface area contributed by atoms with E-state index in [0.717, 1.165) is 47.2 Å². The van der Waals surface area contributed by atoms with Gasteiger partial charge in [0.25, 0.3) is 0 Å². The van der Waals surface area contributed by atoms with Crippen molar-refractivity contribution in [3.8, 4) is 11.3 Å². The normalized spacial score (nSPS) is 14.8. The van der Waals surface area contributed by atoms with Crippen molar-refractivity contribution in [3.63, 3.8) is 0 Å². The maximum Gasteiger partial charge on any atom is 0.182 e. The second-order valence-corrected chi connectivity index (χ2v) is 5.44. The minimum absolute atomic E-state index is 0.790. The number of hydrogen-bond donors (Lipinski definition) is 0. The van der Waals surface area contributed by atoms with Gasteiger partial charge in [-0.2, -0.15) is 5.10 Å². The van der Waals surface area contributed by atoms with Gasteiger partial charge in [0.2, 0.25) is 0 Å². The van der Waals surface area contributed by atoms with Gasteiger partial charge in [-0.05, 0) is 25.3 Å². The number of rotatable bonds is 3. The topological polar surface area (TPSA) is 55.4 Å². The van der Waals surface area contributed by atoms with E-state index in [4.69, 9.17) is 0 Å². The van der Waals surface area contributed by atoms with E-state index in [0.29, 0.717) is 0 Å². The van der Waals surface area contributed by atoms with Gasteiger partial charge in [-0.25, -0.2) is 4.99 Å². The summed E-state index contributed by atoms with van der Waals surface area (Å²) in [5.74, 6) is 0. The van der Waals surface area contributed by atoms with E-state index in [-0.39, 0.29) is 0 Å². The molecule has 0 bridgehead atoms. The first-order valence-corrected chi connectivity index (χ1v) is 8.18. The van der Waals surface area contributed by atoms with Gasteiger partial charge in [-0.1, -0.05) is 11.8 Å². The lowest BCUT2D eigenvalue weighted by molar-refractivity contribution is 0.662. The van der Waals surface area contributed by atoms with Gasteiger partial charge in [0.15, 0.2) is 5.17 Å². The molecule has 3 heterocycles. The second-order valence-electron chi connectivity index (χ2n) is 4.67. The van der Waals surface area contributed by atoms with Crippen molar-refractivity contribution in [3.05, 3.63) is 36.3 Å². The highest BCUT2D eigenvalue weighted by atomic mass is 32.2. The van der Waals surface area contributed by atoms with Crippen LogP contribution >= 0.6 is 11.8 Å². The molecule has 0 unspecified atom stereocenters. The van der Waals surface area contributed by atoms with Crippen LogP contribution in [0.3, 0.4) is 0 Å². The Morgan fingerprint density at radius 2 is 2.29 bits per heavy atom. The molecule has 1 aliphatic heterocycles. The number of thioether (sulfide) groups is 1. The first-order chi connectivity index (χ1) is 10.3. The van der Waals surface area contributed by atoms with E-state index < -0.39 is 0 Å². The van der Waals surface area contributed by atoms with Crippen LogP contribution in [0.15, 0.2) is 40.7 Å². The maximum atomic E-state index is 4.67. The number of aromatic nitrogens is 3. The SMILES string of the molecule is CCn1cc(C2=NC(SC)=NCC2)c(-c2cccnc2)n1. The van der Waals surface area contributed by atoms with Gasteiger partial charge >= 0.3 is 0 Å². The Labute approximate surface area is 128 Å². The van der Waals surface area contributed by atoms with Crippen LogP contribution in [-0.4, -0.2) is 38.4 Å². The molecule has 2 aromatic heterocycles. The van der Waals surface area contributed by atoms with Crippen LogP contribution < -0.4 is 0 Å². The maximum absolute atomic E-state index is 4.67. The highest BCUT2D eigenvalue weighted by Gasteiger charge is 2.18. The van der Waals surface area contributed by atoms with Crippen molar-refractivity contribution in [1.29, 1.82) is 0 Å². The fourth-order valence-corrected chi connectivity index (χ4v) is 2.70. The van der Waals surface area contributed by atoms with Gasteiger partial charge in [-0.15, -0.1) is 0 Å². The molecule has 6 heteroatoms. The summed E-state index contributed by atoms with van der Waals surface area (Å²) in [6.45, 7) is 3.71. The van der Waals surface area contributed by atoms with Gasteiger partial charge in [-0.3, -0.25) is 14.7 Å². The Balaban J connectivity index is 2.08. The number of pyridine rings is 1. The Bertz CT molecular complexity index is 687. The molecule has 0 saturated carbocycles. The molecule has 2 aromatic rings. The molecule has 0 atom stereocenters. The zero-order valence-corrected chi connectivity index (χ0v) is 13.0. The van der Waals surface area contributed by atoms with Crippen LogP contribution in [-0.2, 0) is 6.54 Å². The summed E-state index contributed by atoms with van der Waals surface area (Å²) >= 11 is 1.58. The molecule has 3 rings (SSSR count). The molecule has 0 fully saturated rings. The van der Waals surface area contributed by atoms with Gasteiger partial charge in [0.1, 0.15) is 5.69 Å². The van der Waals surface area contributed by atoms with Crippen LogP contribution in [0.1, 0.15) is 18.9 Å². The number of nitrogens with zero attached hydrogens (tertiary/aromatic N) is 5. The molecule has 108 valence electrons. The molecular formula is C15H17N5S. The standard InChI is InChI=1S/C15H17N5S/c1-3-20-10-12(13-6-8-17-15(18-13)21-2)14(19-20)11-5-4-7-16-9-11/h4-5,7,9-10H,3,6,8H2,1-2H3. The van der Waals surface area contributed by atoms with Crippen molar-refractivity contribution in [2.45, 2.75) is 19.9 Å². The predicted octanol–water partition coefficient (Wildman–Crippen LogP) is 2.88. The molecule has 0 spiro atoms. The third-order valence-corrected chi connectivity index (χ3v) is 3.93. The highest BCUT2D eigenvalue weighted by molar-refractivity contribution is 8.13. The molecule has 0 aliphatic carbocycles. The largest absolute Gasteiger partial charge is 0.272 e. The Hall–Kier alpha value is -1.95. The number of aryl methyl sites for hydroxylation is 1. The molecule has 21 heavy (non-hydrogen) atoms. The zero-order valence-electron chi connectivity index (χ0n) is 12.2. The summed E-state index contributed by atoms with van der Waals surface area (Å²) in [6.07, 6.45) is 8.55. The molecule has 0 N–H and O–H groups in total. The van der Waals surface area contributed by atoms with E-state index in [9.17, 15) is 0 Å². The van der Waals surface area contributed by atoms with Crippen LogP contribution in [0.4, 0.5) is 0 Å². The quantitative estimate of drug-likeness (QED) is 0.875. The highest BCUT2D eigenvalue weighted by Crippen LogP contribution is 2.24. The molecule has 0 amide bonds. The van der Waals surface area contributed by atoms with Crippen molar-refractivity contribution < 1.29 is 0 Å². The van der Waals surface area contributed by atoms with E-state index in [1.54, 1.807) is 18.0 Å². The fraction of sp³-hybridized carbons (Fsp3) is 0.333. The lowest BCUT2D eigenvalue weighted by atomic mass is 10.0. The van der Waals surface area contributed by atoms with Crippen LogP contribution in [0, 0.1) is 0 Å². The van der Waals surface area contributed by atoms with Gasteiger partial charge in [0, 0.05) is 49.2 Å². The fourth-order valence-electron chi connectivity index (χ4n) is 2.28. The minimum atomic E-state index is 0.790. The minimum Gasteiger partial charge on any atom is -0.272 e. The third kappa shape index (κ3) is 2.90. The van der Waals surface area contributed by atoms with Crippen LogP contribution in [0.25, 0.3) is 11.3 Å². The van der Waals surface area contributed by atoms with E-state index in [1.807, 2.05) is 29.3 Å². The summed E-state index contributed by atoms with van der Waals surface area (Å²) in [4.78, 5) is 13.3. The van der Waals surface area contributed by atoms with E-state index in [1.165, 1.54) is 0 Å². The summed E-state index contributed by atoms with van der Waals surface area (Å²) < 4.78 is 1.95. The Morgan fingerprint density at radius 1 is 1.38 bits per heavy atom. The van der Waals surface area contributed by atoms with E-state index >= 15 is 0 Å². The average Bonchev–Trinajstić information content (AvgIpc) is 3.00. The number of hydrogen-bond acceptors (Lipinski definition) is 5. The lowest BCUT2D eigenvalue weighted by Gasteiger charge is -2.10. The molecule has 1 aliphatic rings. The first kappa shape index (κ1) is 14.0. The average molecular weight is 299 g/mol. The first-order valence-electron chi connectivity index (χ1n) is 6.96. The molecule has 0 saturated heterocycles. The second kappa shape index (κ2) is 6.22. The van der Waals surface area contributed by atoms with Crippen molar-refractivity contribution in [2.75, 3.05) is 12.8 Å². The van der Waals surface area contributed by atoms with Crippen molar-refractivity contribution >= 4 is 22.6 Å². The smallest absolute Gasteiger partial charge is 0.182 e. The summed E-state index contributed by atoms with van der Waals surface area (Å²) in [5.41, 5.74) is 4.13. The molecule has 0 aromatic carbocycles. The summed E-state index contributed by atoms with van der Waals surface area (Å²) in [6, 6.07) is 3.97. The molecule has 0 radical (unpaired) electrons. The van der Waals surface area contributed by atoms with Crippen LogP contribution in [0.5, 0.6) is 0 Å². The van der Waals surface area contributed by atoms with Crippen molar-refractivity contribution in [1.82, 2.24) is 14.8 Å². The summed E-state index contributed by atoms with van der Waals surface area (Å²) in [7, 11) is 0. The third-order valence-electron chi connectivity index (χ3n) is 3.34. The molecule has 5 nitrogen and oxygen atoms in total. The van der Waals surface area contributed by atoms with Gasteiger partial charge < -0.3 is 0 Å². The molecular weight excluding hydrogens is 282 g/mol. The monoisotopic (exact) mass is 299 g/mol. The van der Waals surface area contributed by atoms with Gasteiger partial charge in [0.05, 0.1) is 5.71 Å². The zero-order chi connectivity index (χ0) is 14.7. The lowest BCUT2D eigenvalue weighted by Crippen LogP contribution is -2.11.